The molecule has 0 radical (unpaired) electrons. The maximum absolute atomic E-state index is 11.0. The number of hydrazine groups is 1. The van der Waals surface area contributed by atoms with Crippen molar-refractivity contribution < 1.29 is 9.53 Å². The van der Waals surface area contributed by atoms with Crippen molar-refractivity contribution in [2.45, 2.75) is 6.92 Å². The molecule has 1 aliphatic rings. The van der Waals surface area contributed by atoms with Crippen molar-refractivity contribution in [2.75, 3.05) is 26.9 Å². The van der Waals surface area contributed by atoms with E-state index >= 15 is 0 Å². The van der Waals surface area contributed by atoms with Crippen molar-refractivity contribution in [1.29, 1.82) is 0 Å². The molecule has 0 bridgehead atoms. The Morgan fingerprint density at radius 2 is 2.40 bits per heavy atom. The molecule has 1 rings (SSSR count). The lowest BCUT2D eigenvalue weighted by atomic mass is 10.5. The maximum Gasteiger partial charge on any atom is 0.262 e. The van der Waals surface area contributed by atoms with Crippen LogP contribution in [0.15, 0.2) is 0 Å². The van der Waals surface area contributed by atoms with Gasteiger partial charge in [0.05, 0.1) is 0 Å². The van der Waals surface area contributed by atoms with Crippen LogP contribution >= 0.6 is 0 Å². The van der Waals surface area contributed by atoms with Gasteiger partial charge in [-0.05, 0) is 6.92 Å². The predicted molar refractivity (Wildman–Crippen MR) is 36.0 cm³/mol. The molecule has 0 N–H and O–H groups in total. The Morgan fingerprint density at radius 3 is 2.80 bits per heavy atom. The first kappa shape index (κ1) is 7.50. The van der Waals surface area contributed by atoms with Gasteiger partial charge < -0.3 is 4.74 Å². The molecule has 0 aromatic rings. The SMILES string of the molecule is CCN1C(=O)COCN1C. The quantitative estimate of drug-likeness (QED) is 0.505. The number of ether oxygens (including phenoxy) is 1. The molecule has 58 valence electrons. The van der Waals surface area contributed by atoms with Gasteiger partial charge in [0.25, 0.3) is 5.91 Å². The van der Waals surface area contributed by atoms with Crippen LogP contribution < -0.4 is 0 Å². The Kier molecular flexibility index (Phi) is 2.24. The molecule has 0 aliphatic carbocycles. The molecule has 0 aromatic heterocycles. The zero-order valence-electron chi connectivity index (χ0n) is 6.33. The Hall–Kier alpha value is -0.610. The van der Waals surface area contributed by atoms with Gasteiger partial charge in [-0.2, -0.15) is 5.01 Å². The lowest BCUT2D eigenvalue weighted by molar-refractivity contribution is -0.180. The molecule has 0 spiro atoms. The third-order valence-corrected chi connectivity index (χ3v) is 1.50. The van der Waals surface area contributed by atoms with Crippen LogP contribution in [0.4, 0.5) is 0 Å². The van der Waals surface area contributed by atoms with E-state index in [4.69, 9.17) is 4.74 Å². The zero-order valence-corrected chi connectivity index (χ0v) is 6.33. The third-order valence-electron chi connectivity index (χ3n) is 1.50. The van der Waals surface area contributed by atoms with Crippen LogP contribution in [-0.4, -0.2) is 42.9 Å². The first-order valence-electron chi connectivity index (χ1n) is 3.35. The van der Waals surface area contributed by atoms with Gasteiger partial charge in [-0.15, -0.1) is 0 Å². The van der Waals surface area contributed by atoms with Crippen LogP contribution in [0.3, 0.4) is 0 Å². The topological polar surface area (TPSA) is 32.8 Å². The van der Waals surface area contributed by atoms with E-state index in [2.05, 4.69) is 0 Å². The van der Waals surface area contributed by atoms with E-state index in [1.807, 2.05) is 14.0 Å². The standard InChI is InChI=1S/C6H12N2O2/c1-3-8-6(9)4-10-5-7(8)2/h3-5H2,1-2H3. The summed E-state index contributed by atoms with van der Waals surface area (Å²) < 4.78 is 4.96. The summed E-state index contributed by atoms with van der Waals surface area (Å²) in [6, 6.07) is 0. The van der Waals surface area contributed by atoms with Crippen molar-refractivity contribution >= 4 is 5.91 Å². The van der Waals surface area contributed by atoms with Gasteiger partial charge in [0, 0.05) is 13.6 Å². The number of carbonyl (C=O) groups excluding carboxylic acids is 1. The Balaban J connectivity index is 2.53. The summed E-state index contributed by atoms with van der Waals surface area (Å²) in [6.45, 7) is 3.40. The molecule has 4 nitrogen and oxygen atoms in total. The van der Waals surface area contributed by atoms with E-state index in [9.17, 15) is 4.79 Å². The van der Waals surface area contributed by atoms with E-state index in [1.165, 1.54) is 0 Å². The van der Waals surface area contributed by atoms with Crippen LogP contribution in [-0.2, 0) is 9.53 Å². The fourth-order valence-corrected chi connectivity index (χ4v) is 1.02. The highest BCUT2D eigenvalue weighted by Crippen LogP contribution is 2.01. The molecule has 1 fully saturated rings. The highest BCUT2D eigenvalue weighted by Gasteiger charge is 2.21. The molecule has 4 heteroatoms. The molecule has 0 aromatic carbocycles. The molecule has 1 heterocycles. The largest absolute Gasteiger partial charge is 0.355 e. The first-order chi connectivity index (χ1) is 4.75. The number of carbonyl (C=O) groups is 1. The summed E-state index contributed by atoms with van der Waals surface area (Å²) in [5, 5.41) is 3.44. The fraction of sp³-hybridized carbons (Fsp3) is 0.833. The molecule has 1 aliphatic heterocycles. The average molecular weight is 144 g/mol. The van der Waals surface area contributed by atoms with Gasteiger partial charge in [0.1, 0.15) is 13.3 Å². The lowest BCUT2D eigenvalue weighted by Gasteiger charge is -2.34. The van der Waals surface area contributed by atoms with Crippen LogP contribution in [0.1, 0.15) is 6.92 Å². The molecule has 0 saturated carbocycles. The number of hydrogen-bond donors (Lipinski definition) is 0. The lowest BCUT2D eigenvalue weighted by Crippen LogP contribution is -2.51. The molecular formula is C6H12N2O2. The molecule has 1 amide bonds. The van der Waals surface area contributed by atoms with E-state index < -0.39 is 0 Å². The number of nitrogens with zero attached hydrogens (tertiary/aromatic N) is 2. The van der Waals surface area contributed by atoms with Gasteiger partial charge in [-0.3, -0.25) is 9.80 Å². The van der Waals surface area contributed by atoms with Gasteiger partial charge in [0.2, 0.25) is 0 Å². The Morgan fingerprint density at radius 1 is 1.70 bits per heavy atom. The Bertz CT molecular complexity index is 138. The second-order valence-electron chi connectivity index (χ2n) is 2.24. The van der Waals surface area contributed by atoms with Crippen molar-refractivity contribution in [3.63, 3.8) is 0 Å². The number of rotatable bonds is 1. The van der Waals surface area contributed by atoms with Crippen molar-refractivity contribution in [3.05, 3.63) is 0 Å². The zero-order chi connectivity index (χ0) is 7.56. The summed E-state index contributed by atoms with van der Waals surface area (Å²) >= 11 is 0. The van der Waals surface area contributed by atoms with Crippen molar-refractivity contribution in [3.8, 4) is 0 Å². The molecule has 10 heavy (non-hydrogen) atoms. The predicted octanol–water partition coefficient (Wildman–Crippen LogP) is -0.331. The summed E-state index contributed by atoms with van der Waals surface area (Å²) in [7, 11) is 1.83. The van der Waals surface area contributed by atoms with E-state index in [-0.39, 0.29) is 12.5 Å². The number of hydrogen-bond acceptors (Lipinski definition) is 3. The van der Waals surface area contributed by atoms with Gasteiger partial charge in [-0.25, -0.2) is 0 Å². The molecule has 0 unspecified atom stereocenters. The normalized spacial score (nSPS) is 21.8. The second kappa shape index (κ2) is 2.98. The fourth-order valence-electron chi connectivity index (χ4n) is 1.02. The van der Waals surface area contributed by atoms with Gasteiger partial charge >= 0.3 is 0 Å². The minimum absolute atomic E-state index is 0.0382. The smallest absolute Gasteiger partial charge is 0.262 e. The summed E-state index contributed by atoms with van der Waals surface area (Å²) in [5.74, 6) is 0.0382. The van der Waals surface area contributed by atoms with Crippen LogP contribution in [0.2, 0.25) is 0 Å². The number of amides is 1. The average Bonchev–Trinajstić information content (AvgIpc) is 1.88. The van der Waals surface area contributed by atoms with Crippen molar-refractivity contribution in [2.24, 2.45) is 0 Å². The minimum Gasteiger partial charge on any atom is -0.355 e. The van der Waals surface area contributed by atoms with Gasteiger partial charge in [-0.1, -0.05) is 0 Å². The highest BCUT2D eigenvalue weighted by atomic mass is 16.5. The van der Waals surface area contributed by atoms with E-state index in [0.29, 0.717) is 6.73 Å². The van der Waals surface area contributed by atoms with Gasteiger partial charge in [0.15, 0.2) is 0 Å². The van der Waals surface area contributed by atoms with E-state index in [1.54, 1.807) is 10.0 Å². The van der Waals surface area contributed by atoms with Crippen LogP contribution in [0, 0.1) is 0 Å². The summed E-state index contributed by atoms with van der Waals surface area (Å²) in [6.07, 6.45) is 0. The highest BCUT2D eigenvalue weighted by molar-refractivity contribution is 5.77. The van der Waals surface area contributed by atoms with Crippen LogP contribution in [0.5, 0.6) is 0 Å². The summed E-state index contributed by atoms with van der Waals surface area (Å²) in [5.41, 5.74) is 0. The Labute approximate surface area is 60.3 Å². The van der Waals surface area contributed by atoms with E-state index in [0.717, 1.165) is 6.54 Å². The minimum atomic E-state index is 0.0382. The number of likely N-dealkylation sites (N-methyl/N-ethyl adjacent to an activating group) is 1. The maximum atomic E-state index is 11.0. The third kappa shape index (κ3) is 1.27. The molecule has 1 saturated heterocycles. The summed E-state index contributed by atoms with van der Waals surface area (Å²) in [4.78, 5) is 11.0. The first-order valence-corrected chi connectivity index (χ1v) is 3.35. The second-order valence-corrected chi connectivity index (χ2v) is 2.24. The van der Waals surface area contributed by atoms with Crippen molar-refractivity contribution in [1.82, 2.24) is 10.0 Å². The van der Waals surface area contributed by atoms with Crippen LogP contribution in [0.25, 0.3) is 0 Å². The molecular weight excluding hydrogens is 132 g/mol. The monoisotopic (exact) mass is 144 g/mol. The molecule has 0 atom stereocenters.